The molecule has 0 bridgehead atoms. The van der Waals surface area contributed by atoms with E-state index >= 15 is 0 Å². The third-order valence-corrected chi connectivity index (χ3v) is 8.64. The second kappa shape index (κ2) is 16.9. The molecule has 1 aromatic rings. The minimum absolute atomic E-state index is 0.0843. The Morgan fingerprint density at radius 2 is 1.95 bits per heavy atom. The highest BCUT2D eigenvalue weighted by Crippen LogP contribution is 2.24. The predicted molar refractivity (Wildman–Crippen MR) is 145 cm³/mol. The molecular weight excluding hydrogens is 492 g/mol. The van der Waals surface area contributed by atoms with Gasteiger partial charge in [0.1, 0.15) is 0 Å². The van der Waals surface area contributed by atoms with Crippen LogP contribution in [0.5, 0.6) is 0 Å². The molecular formula is C27H44N4O5S. The minimum Gasteiger partial charge on any atom is -0.379 e. The van der Waals surface area contributed by atoms with Gasteiger partial charge in [-0.15, -0.1) is 0 Å². The fourth-order valence-electron chi connectivity index (χ4n) is 4.66. The molecule has 2 heterocycles. The number of amides is 1. The summed E-state index contributed by atoms with van der Waals surface area (Å²) in [5.74, 6) is 0.391. The van der Waals surface area contributed by atoms with Crippen LogP contribution in [-0.2, 0) is 24.4 Å². The SMILES string of the molecule is O=C(/C=C/c1cccnc1)NCCCCCCS(=O)(=O)N(CCN1CCOCC1)OCC1CCCCC1. The number of aromatic nitrogens is 1. The van der Waals surface area contributed by atoms with Crippen LogP contribution >= 0.6 is 0 Å². The largest absolute Gasteiger partial charge is 0.379 e. The molecule has 1 saturated heterocycles. The van der Waals surface area contributed by atoms with E-state index in [0.717, 1.165) is 50.8 Å². The molecule has 0 radical (unpaired) electrons. The van der Waals surface area contributed by atoms with Crippen molar-refractivity contribution in [2.45, 2.75) is 57.8 Å². The van der Waals surface area contributed by atoms with Gasteiger partial charge in [-0.3, -0.25) is 19.5 Å². The zero-order valence-corrected chi connectivity index (χ0v) is 22.9. The van der Waals surface area contributed by atoms with E-state index in [1.54, 1.807) is 18.5 Å². The van der Waals surface area contributed by atoms with Gasteiger partial charge < -0.3 is 10.1 Å². The topological polar surface area (TPSA) is 101 Å². The van der Waals surface area contributed by atoms with Crippen LogP contribution < -0.4 is 5.32 Å². The average molecular weight is 537 g/mol. The third-order valence-electron chi connectivity index (χ3n) is 6.93. The van der Waals surface area contributed by atoms with Gasteiger partial charge in [0.2, 0.25) is 15.9 Å². The molecule has 1 aliphatic heterocycles. The standard InChI is InChI=1S/C27H44N4O5S/c32-27(13-12-25-11-8-14-28-23-25)29-15-6-1-2-7-22-37(33,34)31(17-16-30-18-20-35-21-19-30)36-24-26-9-4-3-5-10-26/h8,11-14,23,26H,1-7,9-10,15-22,24H2,(H,29,32)/b13-12+. The summed E-state index contributed by atoms with van der Waals surface area (Å²) in [4.78, 5) is 24.1. The number of nitrogens with zero attached hydrogens (tertiary/aromatic N) is 3. The molecule has 0 aromatic carbocycles. The number of ether oxygens (including phenoxy) is 1. The number of hydrogen-bond donors (Lipinski definition) is 1. The van der Waals surface area contributed by atoms with Gasteiger partial charge in [-0.25, -0.2) is 8.42 Å². The van der Waals surface area contributed by atoms with Gasteiger partial charge in [0, 0.05) is 44.6 Å². The number of hydroxylamine groups is 1. The van der Waals surface area contributed by atoms with Gasteiger partial charge in [-0.05, 0) is 49.3 Å². The van der Waals surface area contributed by atoms with E-state index in [9.17, 15) is 13.2 Å². The second-order valence-corrected chi connectivity index (χ2v) is 11.9. The summed E-state index contributed by atoms with van der Waals surface area (Å²) in [6.45, 7) is 5.10. The van der Waals surface area contributed by atoms with Crippen molar-refractivity contribution < 1.29 is 22.8 Å². The molecule has 1 aromatic heterocycles. The minimum atomic E-state index is -3.49. The van der Waals surface area contributed by atoms with E-state index in [-0.39, 0.29) is 11.7 Å². The lowest BCUT2D eigenvalue weighted by molar-refractivity contribution is -0.116. The van der Waals surface area contributed by atoms with E-state index in [1.807, 2.05) is 12.1 Å². The number of pyridine rings is 1. The number of sulfonamides is 1. The molecule has 2 fully saturated rings. The maximum atomic E-state index is 13.1. The maximum Gasteiger partial charge on any atom is 0.243 e. The van der Waals surface area contributed by atoms with Crippen molar-refractivity contribution >= 4 is 22.0 Å². The van der Waals surface area contributed by atoms with Crippen molar-refractivity contribution in [1.82, 2.24) is 19.7 Å². The van der Waals surface area contributed by atoms with Crippen LogP contribution in [0.1, 0.15) is 63.4 Å². The van der Waals surface area contributed by atoms with Crippen LogP contribution in [0, 0.1) is 5.92 Å². The molecule has 0 spiro atoms. The monoisotopic (exact) mass is 536 g/mol. The first-order chi connectivity index (χ1) is 18.0. The summed E-state index contributed by atoms with van der Waals surface area (Å²) in [5, 5.41) is 2.87. The van der Waals surface area contributed by atoms with Crippen LogP contribution in [0.15, 0.2) is 30.6 Å². The number of hydrogen-bond acceptors (Lipinski definition) is 7. The van der Waals surface area contributed by atoms with Gasteiger partial charge in [-0.1, -0.05) is 42.6 Å². The first kappa shape index (κ1) is 29.7. The van der Waals surface area contributed by atoms with E-state index in [1.165, 1.54) is 29.8 Å². The molecule has 1 aliphatic carbocycles. The normalized spacial score (nSPS) is 18.0. The molecule has 1 amide bonds. The Morgan fingerprint density at radius 3 is 2.70 bits per heavy atom. The number of morpholine rings is 1. The van der Waals surface area contributed by atoms with Gasteiger partial charge >= 0.3 is 0 Å². The summed E-state index contributed by atoms with van der Waals surface area (Å²) in [7, 11) is -3.49. The highest BCUT2D eigenvalue weighted by atomic mass is 32.2. The summed E-state index contributed by atoms with van der Waals surface area (Å²) in [6.07, 6.45) is 15.6. The lowest BCUT2D eigenvalue weighted by Gasteiger charge is -2.30. The fourth-order valence-corrected chi connectivity index (χ4v) is 6.01. The Balaban J connectivity index is 1.34. The Hall–Kier alpha value is -1.85. The highest BCUT2D eigenvalue weighted by Gasteiger charge is 2.26. The zero-order chi connectivity index (χ0) is 26.2. The van der Waals surface area contributed by atoms with E-state index < -0.39 is 10.0 Å². The van der Waals surface area contributed by atoms with Crippen molar-refractivity contribution in [2.24, 2.45) is 5.92 Å². The number of carbonyl (C=O) groups is 1. The van der Waals surface area contributed by atoms with Gasteiger partial charge in [0.25, 0.3) is 0 Å². The summed E-state index contributed by atoms with van der Waals surface area (Å²) >= 11 is 0. The Morgan fingerprint density at radius 1 is 1.16 bits per heavy atom. The van der Waals surface area contributed by atoms with Crippen LogP contribution in [0.3, 0.4) is 0 Å². The van der Waals surface area contributed by atoms with Crippen molar-refractivity contribution in [3.63, 3.8) is 0 Å². The number of nitrogens with one attached hydrogen (secondary N) is 1. The predicted octanol–water partition coefficient (Wildman–Crippen LogP) is 3.25. The molecule has 0 atom stereocenters. The quantitative estimate of drug-likeness (QED) is 0.197. The number of unbranched alkanes of at least 4 members (excludes halogenated alkanes) is 3. The smallest absolute Gasteiger partial charge is 0.243 e. The van der Waals surface area contributed by atoms with E-state index in [4.69, 9.17) is 9.57 Å². The van der Waals surface area contributed by atoms with Crippen molar-refractivity contribution in [1.29, 1.82) is 0 Å². The molecule has 10 heteroatoms. The first-order valence-corrected chi connectivity index (χ1v) is 15.4. The van der Waals surface area contributed by atoms with Gasteiger partial charge in [0.15, 0.2) is 0 Å². The molecule has 2 aliphatic rings. The van der Waals surface area contributed by atoms with Crippen LogP contribution in [0.4, 0.5) is 0 Å². The number of rotatable bonds is 16. The fraction of sp³-hybridized carbons (Fsp3) is 0.704. The molecule has 1 saturated carbocycles. The zero-order valence-electron chi connectivity index (χ0n) is 22.1. The summed E-state index contributed by atoms with van der Waals surface area (Å²) in [5.41, 5.74) is 0.876. The highest BCUT2D eigenvalue weighted by molar-refractivity contribution is 7.88. The van der Waals surface area contributed by atoms with Crippen LogP contribution in [0.25, 0.3) is 6.08 Å². The molecule has 1 N–H and O–H groups in total. The lowest BCUT2D eigenvalue weighted by Crippen LogP contribution is -2.44. The molecule has 37 heavy (non-hydrogen) atoms. The van der Waals surface area contributed by atoms with Gasteiger partial charge in [0.05, 0.1) is 32.1 Å². The second-order valence-electron chi connectivity index (χ2n) is 9.92. The molecule has 3 rings (SSSR count). The molecule has 208 valence electrons. The Kier molecular flexibility index (Phi) is 13.6. The van der Waals surface area contributed by atoms with E-state index in [2.05, 4.69) is 15.2 Å². The molecule has 0 unspecified atom stereocenters. The summed E-state index contributed by atoms with van der Waals surface area (Å²) in [6, 6.07) is 3.71. The van der Waals surface area contributed by atoms with Gasteiger partial charge in [-0.2, -0.15) is 0 Å². The summed E-state index contributed by atoms with van der Waals surface area (Å²) < 4.78 is 32.9. The average Bonchev–Trinajstić information content (AvgIpc) is 2.93. The van der Waals surface area contributed by atoms with Crippen molar-refractivity contribution in [3.8, 4) is 0 Å². The first-order valence-electron chi connectivity index (χ1n) is 13.8. The molecule has 9 nitrogen and oxygen atoms in total. The third kappa shape index (κ3) is 12.0. The van der Waals surface area contributed by atoms with Crippen LogP contribution in [0.2, 0.25) is 0 Å². The number of carbonyl (C=O) groups excluding carboxylic acids is 1. The lowest BCUT2D eigenvalue weighted by atomic mass is 9.90. The maximum absolute atomic E-state index is 13.1. The Labute approximate surface area is 222 Å². The van der Waals surface area contributed by atoms with Crippen molar-refractivity contribution in [3.05, 3.63) is 36.2 Å². The van der Waals surface area contributed by atoms with E-state index in [0.29, 0.717) is 51.8 Å². The van der Waals surface area contributed by atoms with Crippen LogP contribution in [-0.4, -0.2) is 87.0 Å². The van der Waals surface area contributed by atoms with Crippen molar-refractivity contribution in [2.75, 3.05) is 58.3 Å². The Bertz CT molecular complexity index is 879.